The number of aliphatic carboxylic acids is 1. The summed E-state index contributed by atoms with van der Waals surface area (Å²) in [5.74, 6) is -0.966. The molecule has 5 nitrogen and oxygen atoms in total. The molecule has 0 saturated heterocycles. The van der Waals surface area contributed by atoms with Gasteiger partial charge in [-0.2, -0.15) is 0 Å². The zero-order valence-corrected chi connectivity index (χ0v) is 6.74. The van der Waals surface area contributed by atoms with Gasteiger partial charge in [0.2, 0.25) is 0 Å². The van der Waals surface area contributed by atoms with Gasteiger partial charge in [-0.05, 0) is 13.8 Å². The van der Waals surface area contributed by atoms with E-state index in [2.05, 4.69) is 5.16 Å². The Morgan fingerprint density at radius 3 is 2.50 bits per heavy atom. The second-order valence-corrected chi connectivity index (χ2v) is 2.48. The minimum atomic E-state index is -1.55. The molecule has 0 amide bonds. The minimum Gasteiger partial charge on any atom is -0.479 e. The van der Waals surface area contributed by atoms with Gasteiger partial charge in [0.15, 0.2) is 6.10 Å². The van der Waals surface area contributed by atoms with E-state index in [-0.39, 0.29) is 5.56 Å². The van der Waals surface area contributed by atoms with Crippen molar-refractivity contribution >= 4 is 5.97 Å². The van der Waals surface area contributed by atoms with Crippen molar-refractivity contribution in [1.82, 2.24) is 5.16 Å². The number of hydrogen-bond donors (Lipinski definition) is 2. The molecule has 66 valence electrons. The topological polar surface area (TPSA) is 83.6 Å². The van der Waals surface area contributed by atoms with E-state index < -0.39 is 12.1 Å². The Labute approximate surface area is 68.6 Å². The number of carboxylic acid groups (broad SMARTS) is 1. The van der Waals surface area contributed by atoms with E-state index in [0.29, 0.717) is 11.5 Å². The summed E-state index contributed by atoms with van der Waals surface area (Å²) in [5, 5.41) is 21.2. The molecule has 0 spiro atoms. The van der Waals surface area contributed by atoms with Gasteiger partial charge in [0.25, 0.3) is 0 Å². The molecule has 0 aromatic carbocycles. The average molecular weight is 171 g/mol. The number of aryl methyl sites for hydroxylation is 2. The molecule has 1 rings (SSSR count). The maximum Gasteiger partial charge on any atom is 0.337 e. The van der Waals surface area contributed by atoms with Gasteiger partial charge in [-0.3, -0.25) is 0 Å². The van der Waals surface area contributed by atoms with Crippen molar-refractivity contribution in [2.45, 2.75) is 20.0 Å². The minimum absolute atomic E-state index is 0.238. The van der Waals surface area contributed by atoms with Gasteiger partial charge >= 0.3 is 5.97 Å². The highest BCUT2D eigenvalue weighted by Gasteiger charge is 2.23. The van der Waals surface area contributed by atoms with Crippen LogP contribution in [-0.2, 0) is 4.79 Å². The van der Waals surface area contributed by atoms with Gasteiger partial charge in [-0.25, -0.2) is 4.79 Å². The van der Waals surface area contributed by atoms with Gasteiger partial charge in [0.1, 0.15) is 5.76 Å². The van der Waals surface area contributed by atoms with E-state index in [1.54, 1.807) is 13.8 Å². The first-order chi connectivity index (χ1) is 5.54. The fourth-order valence-electron chi connectivity index (χ4n) is 1.00. The van der Waals surface area contributed by atoms with Crippen LogP contribution in [0.2, 0.25) is 0 Å². The van der Waals surface area contributed by atoms with Crippen molar-refractivity contribution in [3.8, 4) is 0 Å². The molecule has 5 heteroatoms. The summed E-state index contributed by atoms with van der Waals surface area (Å²) in [5.41, 5.74) is 0.643. The second kappa shape index (κ2) is 2.94. The first-order valence-electron chi connectivity index (χ1n) is 3.37. The Kier molecular flexibility index (Phi) is 2.14. The van der Waals surface area contributed by atoms with Crippen LogP contribution in [0.3, 0.4) is 0 Å². The van der Waals surface area contributed by atoms with Crippen LogP contribution in [0.25, 0.3) is 0 Å². The quantitative estimate of drug-likeness (QED) is 0.673. The number of nitrogens with zero attached hydrogens (tertiary/aromatic N) is 1. The van der Waals surface area contributed by atoms with E-state index in [1.165, 1.54) is 0 Å². The number of aromatic nitrogens is 1. The molecule has 1 heterocycles. The monoisotopic (exact) mass is 171 g/mol. The van der Waals surface area contributed by atoms with Crippen LogP contribution in [-0.4, -0.2) is 21.3 Å². The fraction of sp³-hybridized carbons (Fsp3) is 0.429. The van der Waals surface area contributed by atoms with Gasteiger partial charge in [0, 0.05) is 0 Å². The maximum atomic E-state index is 10.4. The number of hydrogen-bond acceptors (Lipinski definition) is 4. The molecular weight excluding hydrogens is 162 g/mol. The lowest BCUT2D eigenvalue weighted by atomic mass is 10.1. The molecule has 2 N–H and O–H groups in total. The van der Waals surface area contributed by atoms with Crippen LogP contribution in [0.4, 0.5) is 0 Å². The van der Waals surface area contributed by atoms with Crippen LogP contribution < -0.4 is 0 Å². The van der Waals surface area contributed by atoms with Crippen molar-refractivity contribution in [3.05, 3.63) is 17.0 Å². The van der Waals surface area contributed by atoms with E-state index in [0.717, 1.165) is 0 Å². The highest BCUT2D eigenvalue weighted by Crippen LogP contribution is 2.20. The van der Waals surface area contributed by atoms with Crippen molar-refractivity contribution in [2.24, 2.45) is 0 Å². The Bertz CT molecular complexity index is 285. The summed E-state index contributed by atoms with van der Waals surface area (Å²) in [6.07, 6.45) is -1.55. The third-order valence-electron chi connectivity index (χ3n) is 1.60. The first-order valence-corrected chi connectivity index (χ1v) is 3.37. The highest BCUT2D eigenvalue weighted by atomic mass is 16.5. The zero-order chi connectivity index (χ0) is 9.30. The molecule has 0 bridgehead atoms. The number of rotatable bonds is 2. The van der Waals surface area contributed by atoms with Gasteiger partial charge in [-0.15, -0.1) is 0 Å². The number of carbonyl (C=O) groups is 1. The standard InChI is InChI=1S/C7H9NO4/c1-3-5(4(2)12-8-3)6(9)7(10)11/h6,9H,1-2H3,(H,10,11). The van der Waals surface area contributed by atoms with Crippen LogP contribution in [0.5, 0.6) is 0 Å². The van der Waals surface area contributed by atoms with Crippen LogP contribution >= 0.6 is 0 Å². The maximum absolute atomic E-state index is 10.4. The van der Waals surface area contributed by atoms with E-state index in [9.17, 15) is 4.79 Å². The largest absolute Gasteiger partial charge is 0.479 e. The smallest absolute Gasteiger partial charge is 0.337 e. The molecule has 0 fully saturated rings. The predicted molar refractivity (Wildman–Crippen MR) is 38.6 cm³/mol. The molecule has 0 saturated carbocycles. The van der Waals surface area contributed by atoms with Crippen molar-refractivity contribution in [1.29, 1.82) is 0 Å². The average Bonchev–Trinajstić information content (AvgIpc) is 2.30. The molecular formula is C7H9NO4. The molecule has 12 heavy (non-hydrogen) atoms. The summed E-state index contributed by atoms with van der Waals surface area (Å²) >= 11 is 0. The van der Waals surface area contributed by atoms with Gasteiger partial charge in [0.05, 0.1) is 11.3 Å². The molecule has 0 aliphatic rings. The fourth-order valence-corrected chi connectivity index (χ4v) is 1.00. The van der Waals surface area contributed by atoms with E-state index in [1.807, 2.05) is 0 Å². The number of aliphatic hydroxyl groups is 1. The normalized spacial score (nSPS) is 12.9. The predicted octanol–water partition coefficient (Wildman–Crippen LogP) is 0.409. The number of carboxylic acids is 1. The molecule has 1 atom stereocenters. The van der Waals surface area contributed by atoms with Gasteiger partial charge in [-0.1, -0.05) is 5.16 Å². The summed E-state index contributed by atoms with van der Waals surface area (Å²) < 4.78 is 4.69. The number of aliphatic hydroxyl groups excluding tert-OH is 1. The Morgan fingerprint density at radius 1 is 1.58 bits per heavy atom. The summed E-state index contributed by atoms with van der Waals surface area (Å²) in [7, 11) is 0. The van der Waals surface area contributed by atoms with Gasteiger partial charge < -0.3 is 14.7 Å². The second-order valence-electron chi connectivity index (χ2n) is 2.48. The summed E-state index contributed by atoms with van der Waals surface area (Å²) in [6, 6.07) is 0. The summed E-state index contributed by atoms with van der Waals surface area (Å²) in [4.78, 5) is 10.4. The molecule has 0 aliphatic heterocycles. The van der Waals surface area contributed by atoms with Crippen LogP contribution in [0.15, 0.2) is 4.52 Å². The van der Waals surface area contributed by atoms with Crippen LogP contribution in [0.1, 0.15) is 23.1 Å². The third-order valence-corrected chi connectivity index (χ3v) is 1.60. The van der Waals surface area contributed by atoms with E-state index in [4.69, 9.17) is 14.7 Å². The third kappa shape index (κ3) is 1.31. The van der Waals surface area contributed by atoms with Crippen LogP contribution in [0, 0.1) is 13.8 Å². The molecule has 0 aliphatic carbocycles. The highest BCUT2D eigenvalue weighted by molar-refractivity contribution is 5.74. The lowest BCUT2D eigenvalue weighted by molar-refractivity contribution is -0.147. The van der Waals surface area contributed by atoms with E-state index >= 15 is 0 Å². The summed E-state index contributed by atoms with van der Waals surface area (Å²) in [6.45, 7) is 3.14. The molecule has 1 aromatic rings. The zero-order valence-electron chi connectivity index (χ0n) is 6.74. The Balaban J connectivity index is 3.08. The SMILES string of the molecule is Cc1noc(C)c1C(O)C(=O)O. The van der Waals surface area contributed by atoms with Crippen molar-refractivity contribution < 1.29 is 19.5 Å². The lowest BCUT2D eigenvalue weighted by Crippen LogP contribution is -2.11. The molecule has 1 unspecified atom stereocenters. The molecule has 0 radical (unpaired) electrons. The Hall–Kier alpha value is -1.36. The lowest BCUT2D eigenvalue weighted by Gasteiger charge is -2.02. The van der Waals surface area contributed by atoms with Crippen molar-refractivity contribution in [3.63, 3.8) is 0 Å². The first kappa shape index (κ1) is 8.73. The molecule has 1 aromatic heterocycles. The van der Waals surface area contributed by atoms with Crippen molar-refractivity contribution in [2.75, 3.05) is 0 Å². The Morgan fingerprint density at radius 2 is 2.17 bits per heavy atom.